The zero-order valence-electron chi connectivity index (χ0n) is 33.4. The average molecular weight is 945 g/mol. The van der Waals surface area contributed by atoms with Crippen LogP contribution in [0.15, 0.2) is 130 Å². The molecule has 1 radical (unpaired) electrons. The Balaban J connectivity index is 0.000000184. The maximum absolute atomic E-state index is 14.4. The van der Waals surface area contributed by atoms with Crippen LogP contribution >= 0.6 is 0 Å². The van der Waals surface area contributed by atoms with Crippen molar-refractivity contribution in [2.75, 3.05) is 0 Å². The number of aromatic nitrogens is 2. The largest absolute Gasteiger partial charge is 0.500 e. The number of pyridine rings is 2. The Hall–Kier alpha value is -5.20. The molecule has 0 bridgehead atoms. The van der Waals surface area contributed by atoms with Crippen molar-refractivity contribution in [3.8, 4) is 22.5 Å². The van der Waals surface area contributed by atoms with Crippen molar-refractivity contribution in [3.05, 3.63) is 162 Å². The molecule has 0 aliphatic rings. The first-order valence-electron chi connectivity index (χ1n) is 19.2. The molecule has 0 amide bonds. The third-order valence-corrected chi connectivity index (χ3v) is 12.2. The molecule has 4 aromatic heterocycles. The Morgan fingerprint density at radius 1 is 0.667 bits per heavy atom. The zero-order valence-corrected chi connectivity index (χ0v) is 36.8. The van der Waals surface area contributed by atoms with Gasteiger partial charge in [0.1, 0.15) is 11.2 Å². The van der Waals surface area contributed by atoms with Crippen LogP contribution in [-0.4, -0.2) is 18.0 Å². The normalized spacial score (nSPS) is 11.9. The third-order valence-electron chi connectivity index (χ3n) is 10.2. The molecule has 5 aromatic carbocycles. The van der Waals surface area contributed by atoms with Gasteiger partial charge >= 0.3 is 0 Å². The number of para-hydroxylation sites is 1. The molecule has 0 aliphatic carbocycles. The number of hydrogen-bond donors (Lipinski definition) is 0. The van der Waals surface area contributed by atoms with Gasteiger partial charge < -0.3 is 18.8 Å². The minimum Gasteiger partial charge on any atom is -0.500 e. The predicted octanol–water partition coefficient (Wildman–Crippen LogP) is 13.1. The zero-order chi connectivity index (χ0) is 39.2. The van der Waals surface area contributed by atoms with E-state index in [9.17, 15) is 4.39 Å². The van der Waals surface area contributed by atoms with Crippen LogP contribution in [0.1, 0.15) is 43.0 Å². The molecule has 0 aliphatic heterocycles. The van der Waals surface area contributed by atoms with Gasteiger partial charge in [0.15, 0.2) is 5.58 Å². The van der Waals surface area contributed by atoms with Crippen LogP contribution in [0, 0.1) is 30.3 Å². The molecule has 0 atom stereocenters. The van der Waals surface area contributed by atoms with Crippen molar-refractivity contribution in [1.29, 1.82) is 0 Å². The number of rotatable bonds is 6. The van der Waals surface area contributed by atoms with Crippen molar-refractivity contribution in [2.24, 2.45) is 5.41 Å². The summed E-state index contributed by atoms with van der Waals surface area (Å²) in [5.74, 6) is -0.220. The summed E-state index contributed by atoms with van der Waals surface area (Å²) in [5, 5.41) is 5.71. The van der Waals surface area contributed by atoms with Gasteiger partial charge in [0.25, 0.3) is 0 Å². The van der Waals surface area contributed by atoms with Crippen LogP contribution in [0.3, 0.4) is 0 Å². The van der Waals surface area contributed by atoms with Crippen LogP contribution in [-0.2, 0) is 32.9 Å². The minimum absolute atomic E-state index is 0. The molecule has 9 rings (SSSR count). The van der Waals surface area contributed by atoms with Crippen LogP contribution in [0.2, 0.25) is 19.6 Å². The van der Waals surface area contributed by atoms with E-state index in [0.29, 0.717) is 16.8 Å². The number of furan rings is 2. The molecular formula is C50H45FIrN2O2Si-2. The molecule has 0 saturated heterocycles. The van der Waals surface area contributed by atoms with Gasteiger partial charge in [-0.05, 0) is 64.2 Å². The number of nitrogens with zero attached hydrogens (tertiary/aromatic N) is 2. The summed E-state index contributed by atoms with van der Waals surface area (Å²) < 4.78 is 26.5. The van der Waals surface area contributed by atoms with Crippen molar-refractivity contribution >= 4 is 57.1 Å². The summed E-state index contributed by atoms with van der Waals surface area (Å²) in [6.45, 7) is 15.5. The summed E-state index contributed by atoms with van der Waals surface area (Å²) in [7, 11) is -1.49. The molecule has 7 heteroatoms. The van der Waals surface area contributed by atoms with E-state index in [4.69, 9.17) is 8.83 Å². The molecule has 0 unspecified atom stereocenters. The number of hydrogen-bond acceptors (Lipinski definition) is 4. The molecule has 9 aromatic rings. The van der Waals surface area contributed by atoms with E-state index >= 15 is 0 Å². The first-order chi connectivity index (χ1) is 26.8. The van der Waals surface area contributed by atoms with Crippen LogP contribution in [0.5, 0.6) is 0 Å². The summed E-state index contributed by atoms with van der Waals surface area (Å²) in [6.07, 6.45) is 5.63. The number of benzene rings is 5. The van der Waals surface area contributed by atoms with Gasteiger partial charge in [0, 0.05) is 48.3 Å². The maximum atomic E-state index is 14.4. The second kappa shape index (κ2) is 16.0. The fourth-order valence-corrected chi connectivity index (χ4v) is 9.01. The second-order valence-electron chi connectivity index (χ2n) is 16.9. The molecule has 0 saturated carbocycles. The first-order valence-corrected chi connectivity index (χ1v) is 22.7. The summed E-state index contributed by atoms with van der Waals surface area (Å²) >= 11 is 0. The first kappa shape index (κ1) is 40.0. The number of fused-ring (bicyclic) bond motifs is 6. The summed E-state index contributed by atoms with van der Waals surface area (Å²) in [4.78, 5) is 9.23. The van der Waals surface area contributed by atoms with Gasteiger partial charge in [0.05, 0.1) is 19.9 Å². The molecule has 0 spiro atoms. The van der Waals surface area contributed by atoms with E-state index in [2.05, 4.69) is 129 Å². The fraction of sp³-hybridized carbons (Fsp3) is 0.200. The molecule has 4 heterocycles. The third kappa shape index (κ3) is 8.57. The van der Waals surface area contributed by atoms with Crippen LogP contribution < -0.4 is 5.19 Å². The van der Waals surface area contributed by atoms with Crippen molar-refractivity contribution in [1.82, 2.24) is 9.97 Å². The van der Waals surface area contributed by atoms with Gasteiger partial charge in [-0.3, -0.25) is 4.39 Å². The quantitative estimate of drug-likeness (QED) is 0.123. The number of aryl methyl sites for hydroxylation is 1. The monoisotopic (exact) mass is 945 g/mol. The van der Waals surface area contributed by atoms with E-state index in [1.165, 1.54) is 21.9 Å². The number of halogens is 1. The SMILES string of the molecule is Cc1cc[c-]c(-c2cc(CC(C)(C)C)c([Si](C)(C)C)cn2)c1F.[Ir].[c-]1cc2oc3ccc(Cc4ccccc4)cc3c2cc1-c1cc2c(cn1)oc1ccccc12. The van der Waals surface area contributed by atoms with E-state index < -0.39 is 8.07 Å². The molecule has 0 fully saturated rings. The van der Waals surface area contributed by atoms with Crippen LogP contribution in [0.25, 0.3) is 66.4 Å². The Morgan fingerprint density at radius 3 is 2.12 bits per heavy atom. The Labute approximate surface area is 348 Å². The molecular weight excluding hydrogens is 900 g/mol. The Kier molecular flexibility index (Phi) is 11.2. The van der Waals surface area contributed by atoms with E-state index in [1.807, 2.05) is 36.5 Å². The minimum atomic E-state index is -1.49. The van der Waals surface area contributed by atoms with Gasteiger partial charge in [-0.1, -0.05) is 136 Å². The second-order valence-corrected chi connectivity index (χ2v) is 22.0. The van der Waals surface area contributed by atoms with E-state index in [1.54, 1.807) is 25.3 Å². The smallest absolute Gasteiger partial charge is 0.151 e. The van der Waals surface area contributed by atoms with Gasteiger partial charge in [-0.25, -0.2) is 0 Å². The Bertz CT molecular complexity index is 2870. The maximum Gasteiger partial charge on any atom is 0.151 e. The predicted molar refractivity (Wildman–Crippen MR) is 232 cm³/mol. The van der Waals surface area contributed by atoms with Gasteiger partial charge in [0.2, 0.25) is 0 Å². The summed E-state index contributed by atoms with van der Waals surface area (Å²) in [5.41, 5.74) is 11.0. The average Bonchev–Trinajstić information content (AvgIpc) is 3.73. The van der Waals surface area contributed by atoms with Crippen molar-refractivity contribution < 1.29 is 33.3 Å². The van der Waals surface area contributed by atoms with E-state index in [-0.39, 0.29) is 31.3 Å². The Morgan fingerprint density at radius 2 is 1.35 bits per heavy atom. The van der Waals surface area contributed by atoms with Crippen LogP contribution in [0.4, 0.5) is 4.39 Å². The topological polar surface area (TPSA) is 52.1 Å². The fourth-order valence-electron chi connectivity index (χ4n) is 7.43. The summed E-state index contributed by atoms with van der Waals surface area (Å²) in [6, 6.07) is 43.1. The standard InChI is InChI=1S/C30H18NO2.C20H27FNSi.Ir/c1-2-6-19(7-3-1)14-20-10-12-28-23(15-20)24-16-21(11-13-29(24)32-28)26-17-25-22-8-4-5-9-27(22)33-30(25)18-31-26;1-14-9-8-10-16(19(14)21)17-11-15(12-20(2,3)4)18(13-22-17)23(5,6)7;/h1-10,12-13,15-18H,14H2;8-9,11,13H,12H2,1-7H3;/q2*-1;. The van der Waals surface area contributed by atoms with Gasteiger partial charge in [-0.15, -0.1) is 42.0 Å². The van der Waals surface area contributed by atoms with Crippen molar-refractivity contribution in [2.45, 2.75) is 60.2 Å². The van der Waals surface area contributed by atoms with Gasteiger partial charge in [-0.2, -0.15) is 0 Å². The van der Waals surface area contributed by atoms with Crippen molar-refractivity contribution in [3.63, 3.8) is 0 Å². The molecule has 289 valence electrons. The van der Waals surface area contributed by atoms with E-state index in [0.717, 1.165) is 68.0 Å². The molecule has 0 N–H and O–H groups in total. The molecule has 4 nitrogen and oxygen atoms in total. The molecule has 57 heavy (non-hydrogen) atoms.